The van der Waals surface area contributed by atoms with E-state index in [0.717, 1.165) is 34.1 Å². The van der Waals surface area contributed by atoms with Crippen molar-refractivity contribution in [3.8, 4) is 0 Å². The Morgan fingerprint density at radius 2 is 1.81 bits per heavy atom. The second kappa shape index (κ2) is 7.33. The van der Waals surface area contributed by atoms with Gasteiger partial charge in [0.05, 0.1) is 26.8 Å². The minimum atomic E-state index is -0.241. The number of imidazole rings is 1. The molecule has 0 N–H and O–H groups in total. The summed E-state index contributed by atoms with van der Waals surface area (Å²) in [7, 11) is 1.92. The van der Waals surface area contributed by atoms with Crippen molar-refractivity contribution >= 4 is 92.5 Å². The average Bonchev–Trinajstić information content (AvgIpc) is 2.78. The standard InChI is InChI=1S/C12H10Br4N2O2S/c1-3-20-5(19)4-21-12-17-10-8(15)6(13)7(14)9(16)11(10)18(12)2/h3-4H2,1-2H3. The number of carbonyl (C=O) groups is 1. The van der Waals surface area contributed by atoms with E-state index in [4.69, 9.17) is 4.74 Å². The van der Waals surface area contributed by atoms with Gasteiger partial charge in [-0.3, -0.25) is 4.79 Å². The number of aromatic nitrogens is 2. The van der Waals surface area contributed by atoms with E-state index in [9.17, 15) is 4.79 Å². The van der Waals surface area contributed by atoms with Crippen molar-refractivity contribution in [2.45, 2.75) is 12.1 Å². The molecule has 0 radical (unpaired) electrons. The second-order valence-corrected chi connectivity index (χ2v) is 8.11. The summed E-state index contributed by atoms with van der Waals surface area (Å²) < 4.78 is 10.5. The molecular formula is C12H10Br4N2O2S. The Labute approximate surface area is 159 Å². The second-order valence-electron chi connectivity index (χ2n) is 4.00. The molecule has 21 heavy (non-hydrogen) atoms. The van der Waals surface area contributed by atoms with E-state index in [-0.39, 0.29) is 11.7 Å². The van der Waals surface area contributed by atoms with Gasteiger partial charge in [-0.05, 0) is 70.6 Å². The fourth-order valence-electron chi connectivity index (χ4n) is 1.74. The summed E-state index contributed by atoms with van der Waals surface area (Å²) in [5.41, 5.74) is 1.77. The molecule has 0 spiro atoms. The minimum absolute atomic E-state index is 0.239. The van der Waals surface area contributed by atoms with E-state index in [1.807, 2.05) is 11.6 Å². The SMILES string of the molecule is CCOC(=O)CSc1nc2c(Br)c(Br)c(Br)c(Br)c2n1C. The maximum Gasteiger partial charge on any atom is 0.316 e. The number of aryl methyl sites for hydroxylation is 1. The lowest BCUT2D eigenvalue weighted by Crippen LogP contribution is -2.07. The summed E-state index contributed by atoms with van der Waals surface area (Å²) >= 11 is 15.5. The summed E-state index contributed by atoms with van der Waals surface area (Å²) in [4.78, 5) is 16.1. The molecule has 0 aliphatic carbocycles. The Bertz CT molecular complexity index is 717. The van der Waals surface area contributed by atoms with Crippen LogP contribution in [-0.4, -0.2) is 27.9 Å². The fourth-order valence-corrected chi connectivity index (χ4v) is 4.94. The van der Waals surface area contributed by atoms with Crippen molar-refractivity contribution in [3.63, 3.8) is 0 Å². The first kappa shape index (κ1) is 17.8. The molecule has 2 aromatic rings. The van der Waals surface area contributed by atoms with Crippen molar-refractivity contribution in [1.82, 2.24) is 9.55 Å². The first-order valence-electron chi connectivity index (χ1n) is 5.85. The maximum absolute atomic E-state index is 11.5. The Morgan fingerprint density at radius 3 is 2.43 bits per heavy atom. The highest BCUT2D eigenvalue weighted by molar-refractivity contribution is 9.15. The third-order valence-corrected chi connectivity index (χ3v) is 8.40. The van der Waals surface area contributed by atoms with E-state index in [0.29, 0.717) is 6.61 Å². The van der Waals surface area contributed by atoms with E-state index < -0.39 is 0 Å². The van der Waals surface area contributed by atoms with Crippen LogP contribution in [0.2, 0.25) is 0 Å². The molecule has 2 rings (SSSR count). The van der Waals surface area contributed by atoms with Gasteiger partial charge < -0.3 is 9.30 Å². The Kier molecular flexibility index (Phi) is 6.21. The van der Waals surface area contributed by atoms with Crippen molar-refractivity contribution in [2.75, 3.05) is 12.4 Å². The van der Waals surface area contributed by atoms with Crippen molar-refractivity contribution < 1.29 is 9.53 Å². The van der Waals surface area contributed by atoms with Gasteiger partial charge in [-0.15, -0.1) is 0 Å². The molecule has 1 aromatic carbocycles. The average molecular weight is 566 g/mol. The molecule has 1 aromatic heterocycles. The zero-order valence-electron chi connectivity index (χ0n) is 11.0. The summed E-state index contributed by atoms with van der Waals surface area (Å²) in [6.45, 7) is 2.18. The highest BCUT2D eigenvalue weighted by Gasteiger charge is 2.20. The van der Waals surface area contributed by atoms with E-state index in [1.54, 1.807) is 6.92 Å². The quantitative estimate of drug-likeness (QED) is 0.219. The molecule has 0 atom stereocenters. The molecule has 1 heterocycles. The zero-order valence-corrected chi connectivity index (χ0v) is 18.2. The Morgan fingerprint density at radius 1 is 1.19 bits per heavy atom. The summed E-state index contributed by atoms with van der Waals surface area (Å²) in [6, 6.07) is 0. The number of fused-ring (bicyclic) bond motifs is 1. The number of carbonyl (C=O) groups excluding carboxylic acids is 1. The number of ether oxygens (including phenoxy) is 1. The molecule has 0 bridgehead atoms. The van der Waals surface area contributed by atoms with Gasteiger partial charge in [0.25, 0.3) is 0 Å². The third-order valence-electron chi connectivity index (χ3n) is 2.67. The molecule has 0 fully saturated rings. The Balaban J connectivity index is 2.44. The maximum atomic E-state index is 11.5. The van der Waals surface area contributed by atoms with Gasteiger partial charge in [0, 0.05) is 16.0 Å². The molecule has 0 aliphatic rings. The lowest BCUT2D eigenvalue weighted by atomic mass is 10.3. The third kappa shape index (κ3) is 3.52. The Hall–Kier alpha value is 0.430. The van der Waals surface area contributed by atoms with Crippen molar-refractivity contribution in [2.24, 2.45) is 7.05 Å². The predicted molar refractivity (Wildman–Crippen MR) is 98.9 cm³/mol. The number of benzene rings is 1. The van der Waals surface area contributed by atoms with Crippen LogP contribution in [0.1, 0.15) is 6.92 Å². The minimum Gasteiger partial charge on any atom is -0.465 e. The topological polar surface area (TPSA) is 44.1 Å². The number of thioether (sulfide) groups is 1. The number of hydrogen-bond donors (Lipinski definition) is 0. The molecule has 114 valence electrons. The molecule has 9 heteroatoms. The van der Waals surface area contributed by atoms with Crippen LogP contribution >= 0.6 is 75.5 Å². The van der Waals surface area contributed by atoms with Gasteiger partial charge in [-0.25, -0.2) is 4.98 Å². The van der Waals surface area contributed by atoms with Gasteiger partial charge >= 0.3 is 5.97 Å². The monoisotopic (exact) mass is 562 g/mol. The first-order chi connectivity index (χ1) is 9.88. The van der Waals surface area contributed by atoms with Crippen LogP contribution in [0.25, 0.3) is 11.0 Å². The molecule has 0 unspecified atom stereocenters. The lowest BCUT2D eigenvalue weighted by Gasteiger charge is -2.07. The molecule has 0 aliphatic heterocycles. The van der Waals surface area contributed by atoms with Crippen LogP contribution in [0.3, 0.4) is 0 Å². The highest BCUT2D eigenvalue weighted by atomic mass is 79.9. The largest absolute Gasteiger partial charge is 0.465 e. The number of halogens is 4. The van der Waals surface area contributed by atoms with Crippen LogP contribution in [-0.2, 0) is 16.6 Å². The molecule has 0 saturated heterocycles. The molecule has 0 amide bonds. The smallest absolute Gasteiger partial charge is 0.316 e. The van der Waals surface area contributed by atoms with E-state index in [2.05, 4.69) is 68.7 Å². The summed E-state index contributed by atoms with van der Waals surface area (Å²) in [5.74, 6) is -0.00203. The van der Waals surface area contributed by atoms with Crippen LogP contribution in [0.15, 0.2) is 23.0 Å². The first-order valence-corrected chi connectivity index (χ1v) is 10.0. The molecule has 4 nitrogen and oxygen atoms in total. The number of rotatable bonds is 4. The molecule has 0 saturated carbocycles. The van der Waals surface area contributed by atoms with Gasteiger partial charge in [-0.1, -0.05) is 11.8 Å². The van der Waals surface area contributed by atoms with E-state index in [1.165, 1.54) is 11.8 Å². The normalized spacial score (nSPS) is 11.1. The van der Waals surface area contributed by atoms with Crippen LogP contribution in [0, 0.1) is 0 Å². The zero-order chi connectivity index (χ0) is 15.7. The van der Waals surface area contributed by atoms with Gasteiger partial charge in [0.1, 0.15) is 5.52 Å². The van der Waals surface area contributed by atoms with Gasteiger partial charge in [0.15, 0.2) is 5.16 Å². The van der Waals surface area contributed by atoms with E-state index >= 15 is 0 Å². The lowest BCUT2D eigenvalue weighted by molar-refractivity contribution is -0.139. The number of hydrogen-bond acceptors (Lipinski definition) is 4. The van der Waals surface area contributed by atoms with Crippen LogP contribution < -0.4 is 0 Å². The predicted octanol–water partition coefficient (Wildman–Crippen LogP) is 5.28. The van der Waals surface area contributed by atoms with Crippen molar-refractivity contribution in [1.29, 1.82) is 0 Å². The number of esters is 1. The fraction of sp³-hybridized carbons (Fsp3) is 0.333. The van der Waals surface area contributed by atoms with Gasteiger partial charge in [-0.2, -0.15) is 0 Å². The van der Waals surface area contributed by atoms with Gasteiger partial charge in [0.2, 0.25) is 0 Å². The van der Waals surface area contributed by atoms with Crippen LogP contribution in [0.4, 0.5) is 0 Å². The summed E-state index contributed by atoms with van der Waals surface area (Å²) in [5, 5.41) is 0.754. The van der Waals surface area contributed by atoms with Crippen LogP contribution in [0.5, 0.6) is 0 Å². The van der Waals surface area contributed by atoms with Crippen molar-refractivity contribution in [3.05, 3.63) is 17.9 Å². The molecular weight excluding hydrogens is 556 g/mol. The highest BCUT2D eigenvalue weighted by Crippen LogP contribution is 2.44. The summed E-state index contributed by atoms with van der Waals surface area (Å²) in [6.07, 6.45) is 0. The number of nitrogens with zero attached hydrogens (tertiary/aromatic N) is 2.